The molecule has 0 saturated carbocycles. The maximum Gasteiger partial charge on any atom is 0.137 e. The number of hydrogen-bond acceptors (Lipinski definition) is 6. The number of hydrogen-bond donors (Lipinski definition) is 0. The summed E-state index contributed by atoms with van der Waals surface area (Å²) in [5, 5.41) is 8.70. The molecule has 0 N–H and O–H groups in total. The number of imidazole rings is 1. The lowest BCUT2D eigenvalue weighted by Crippen LogP contribution is -2.59. The lowest BCUT2D eigenvalue weighted by Gasteiger charge is -2.45. The van der Waals surface area contributed by atoms with E-state index in [1.54, 1.807) is 0 Å². The summed E-state index contributed by atoms with van der Waals surface area (Å²) in [5.41, 5.74) is 5.84. The highest BCUT2D eigenvalue weighted by atomic mass is 28.1. The fourth-order valence-electron chi connectivity index (χ4n) is 4.72. The minimum atomic E-state index is 0.000826. The predicted molar refractivity (Wildman–Crippen MR) is 139 cm³/mol. The summed E-state index contributed by atoms with van der Waals surface area (Å²) >= 11 is 0. The maximum atomic E-state index is 4.79. The van der Waals surface area contributed by atoms with Gasteiger partial charge in [0.05, 0.1) is 40.6 Å². The largest absolute Gasteiger partial charge is 0.322 e. The Morgan fingerprint density at radius 2 is 1.89 bits per heavy atom. The molecule has 1 aliphatic rings. The molecule has 181 valence electrons. The Bertz CT molecular complexity index is 1480. The van der Waals surface area contributed by atoms with Crippen LogP contribution in [-0.2, 0) is 13.1 Å². The van der Waals surface area contributed by atoms with Gasteiger partial charge in [0.1, 0.15) is 11.3 Å². The Morgan fingerprint density at radius 1 is 1.03 bits per heavy atom. The molecule has 1 aliphatic heterocycles. The second-order valence-electron chi connectivity index (χ2n) is 9.76. The molecule has 3 radical (unpaired) electrons. The van der Waals surface area contributed by atoms with Crippen molar-refractivity contribution >= 4 is 15.9 Å². The van der Waals surface area contributed by atoms with Crippen LogP contribution in [0.5, 0.6) is 0 Å². The smallest absolute Gasteiger partial charge is 0.137 e. The van der Waals surface area contributed by atoms with Crippen LogP contribution in [0.25, 0.3) is 22.6 Å². The van der Waals surface area contributed by atoms with Crippen molar-refractivity contribution in [1.29, 1.82) is 0 Å². The van der Waals surface area contributed by atoms with Crippen molar-refractivity contribution in [1.82, 2.24) is 43.7 Å². The van der Waals surface area contributed by atoms with Crippen molar-refractivity contribution in [2.45, 2.75) is 25.2 Å². The average molecular weight is 495 g/mol. The van der Waals surface area contributed by atoms with Gasteiger partial charge in [-0.1, -0.05) is 11.3 Å². The third kappa shape index (κ3) is 4.62. The van der Waals surface area contributed by atoms with E-state index in [1.807, 2.05) is 52.4 Å². The van der Waals surface area contributed by atoms with Crippen LogP contribution in [0.3, 0.4) is 0 Å². The molecule has 5 aromatic heterocycles. The zero-order valence-electron chi connectivity index (χ0n) is 20.5. The molecular formula is C26H28N9Si. The van der Waals surface area contributed by atoms with E-state index in [-0.39, 0.29) is 5.16 Å². The fraction of sp³-hybridized carbons (Fsp3) is 0.308. The maximum absolute atomic E-state index is 4.79. The van der Waals surface area contributed by atoms with Gasteiger partial charge in [-0.3, -0.25) is 9.88 Å². The molecule has 1 saturated heterocycles. The van der Waals surface area contributed by atoms with Crippen LogP contribution in [0.2, 0.25) is 0 Å². The number of piperazine rings is 1. The van der Waals surface area contributed by atoms with Gasteiger partial charge in [-0.05, 0) is 43.8 Å². The van der Waals surface area contributed by atoms with E-state index >= 15 is 0 Å². The normalized spacial score (nSPS) is 19.3. The van der Waals surface area contributed by atoms with Crippen LogP contribution < -0.4 is 0 Å². The van der Waals surface area contributed by atoms with Crippen molar-refractivity contribution in [2.75, 3.05) is 26.7 Å². The van der Waals surface area contributed by atoms with Gasteiger partial charge in [0.15, 0.2) is 0 Å². The number of nitrogens with zero attached hydrogens (tertiary/aromatic N) is 9. The summed E-state index contributed by atoms with van der Waals surface area (Å²) in [6, 6.07) is 10.3. The van der Waals surface area contributed by atoms with Gasteiger partial charge in [-0.2, -0.15) is 0 Å². The Labute approximate surface area is 213 Å². The minimum absolute atomic E-state index is 0.000826. The van der Waals surface area contributed by atoms with E-state index in [1.165, 1.54) is 5.56 Å². The van der Waals surface area contributed by atoms with E-state index in [2.05, 4.69) is 84.3 Å². The van der Waals surface area contributed by atoms with Gasteiger partial charge in [-0.15, -0.1) is 5.10 Å². The Morgan fingerprint density at radius 3 is 2.72 bits per heavy atom. The quantitative estimate of drug-likeness (QED) is 0.338. The molecule has 36 heavy (non-hydrogen) atoms. The predicted octanol–water partition coefficient (Wildman–Crippen LogP) is 2.46. The van der Waals surface area contributed by atoms with Crippen molar-refractivity contribution in [3.63, 3.8) is 0 Å². The van der Waals surface area contributed by atoms with Crippen molar-refractivity contribution in [2.24, 2.45) is 0 Å². The zero-order valence-corrected chi connectivity index (χ0v) is 21.5. The standard InChI is InChI=1S/C26H28N9Si/c1-26(36)19-32(10-9-31(26)2)14-20-5-6-25-28-22(16-34(25)15-20)17-35-18-24(29-30-35)21-11-23(13-27-12-21)33-7-3-4-8-33/h3-8,11-13,15-16,18H,9-10,14,17,19H2,1-2H3/t26-/m0/s1. The molecule has 0 bridgehead atoms. The van der Waals surface area contributed by atoms with Gasteiger partial charge < -0.3 is 13.9 Å². The summed E-state index contributed by atoms with van der Waals surface area (Å²) in [4.78, 5) is 14.0. The van der Waals surface area contributed by atoms with Gasteiger partial charge >= 0.3 is 0 Å². The molecule has 0 spiro atoms. The van der Waals surface area contributed by atoms with Crippen molar-refractivity contribution < 1.29 is 0 Å². The molecule has 10 heteroatoms. The number of rotatable bonds is 6. The average Bonchev–Trinajstić information content (AvgIpc) is 3.62. The molecule has 1 fully saturated rings. The number of pyridine rings is 2. The first-order valence-corrected chi connectivity index (χ1v) is 12.6. The molecule has 0 amide bonds. The van der Waals surface area contributed by atoms with E-state index in [0.29, 0.717) is 6.54 Å². The van der Waals surface area contributed by atoms with E-state index in [4.69, 9.17) is 4.98 Å². The summed E-state index contributed by atoms with van der Waals surface area (Å²) in [6.07, 6.45) is 13.8. The molecule has 6 rings (SSSR count). The van der Waals surface area contributed by atoms with Gasteiger partial charge in [0, 0.05) is 67.9 Å². The van der Waals surface area contributed by atoms with Crippen LogP contribution in [0.4, 0.5) is 0 Å². The molecule has 0 aromatic carbocycles. The fourth-order valence-corrected chi connectivity index (χ4v) is 5.05. The number of fused-ring (bicyclic) bond motifs is 1. The van der Waals surface area contributed by atoms with Crippen LogP contribution in [-0.4, -0.2) is 85.8 Å². The first-order valence-electron chi connectivity index (χ1n) is 12.1. The SMILES string of the molecule is CN1CCN(Cc2ccc3nc(Cn4cc(-c5cncc(-n6cccc6)c5)nn4)cn3c2)C[C@]1(C)[Si]. The topological polar surface area (TPSA) is 72.3 Å². The van der Waals surface area contributed by atoms with Crippen molar-refractivity contribution in [3.8, 4) is 16.9 Å². The highest BCUT2D eigenvalue weighted by Gasteiger charge is 2.30. The molecule has 5 aromatic rings. The molecule has 9 nitrogen and oxygen atoms in total. The van der Waals surface area contributed by atoms with Gasteiger partial charge in [0.25, 0.3) is 0 Å². The van der Waals surface area contributed by atoms with E-state index < -0.39 is 0 Å². The van der Waals surface area contributed by atoms with Gasteiger partial charge in [-0.25, -0.2) is 9.67 Å². The lowest BCUT2D eigenvalue weighted by atomic mass is 10.1. The first-order chi connectivity index (χ1) is 17.4. The molecule has 0 aliphatic carbocycles. The Kier molecular flexibility index (Phi) is 5.79. The first kappa shape index (κ1) is 22.8. The highest BCUT2D eigenvalue weighted by Crippen LogP contribution is 2.20. The molecule has 6 heterocycles. The molecule has 1 atom stereocenters. The van der Waals surface area contributed by atoms with Crippen LogP contribution >= 0.6 is 0 Å². The van der Waals surface area contributed by atoms with Crippen molar-refractivity contribution in [3.05, 3.63) is 85.0 Å². The monoisotopic (exact) mass is 494 g/mol. The third-order valence-electron chi connectivity index (χ3n) is 6.88. The Balaban J connectivity index is 1.16. The summed E-state index contributed by atoms with van der Waals surface area (Å²) in [5.74, 6) is 0. The minimum Gasteiger partial charge on any atom is -0.322 e. The number of aromatic nitrogens is 7. The zero-order chi connectivity index (χ0) is 24.7. The molecular weight excluding hydrogens is 466 g/mol. The van der Waals surface area contributed by atoms with E-state index in [0.717, 1.165) is 54.5 Å². The second-order valence-corrected chi connectivity index (χ2v) is 10.8. The lowest BCUT2D eigenvalue weighted by molar-refractivity contribution is 0.0750. The van der Waals surface area contributed by atoms with Crippen LogP contribution in [0.1, 0.15) is 18.2 Å². The second kappa shape index (κ2) is 9.12. The summed E-state index contributed by atoms with van der Waals surface area (Å²) in [7, 11) is 6.09. The number of likely N-dealkylation sites (N-methyl/N-ethyl adjacent to an activating group) is 1. The third-order valence-corrected chi connectivity index (χ3v) is 7.42. The van der Waals surface area contributed by atoms with Gasteiger partial charge in [0.2, 0.25) is 0 Å². The summed E-state index contributed by atoms with van der Waals surface area (Å²) in [6.45, 7) is 6.78. The molecule has 0 unspecified atom stereocenters. The van der Waals surface area contributed by atoms with Crippen LogP contribution in [0, 0.1) is 0 Å². The Hall–Kier alpha value is -3.60. The van der Waals surface area contributed by atoms with E-state index in [9.17, 15) is 0 Å². The highest BCUT2D eigenvalue weighted by molar-refractivity contribution is 6.15. The summed E-state index contributed by atoms with van der Waals surface area (Å²) < 4.78 is 5.95. The van der Waals surface area contributed by atoms with Crippen LogP contribution in [0.15, 0.2) is 73.7 Å².